The lowest BCUT2D eigenvalue weighted by molar-refractivity contribution is -0.137. The zero-order valence-electron chi connectivity index (χ0n) is 22.8. The fourth-order valence-corrected chi connectivity index (χ4v) is 5.66. The van der Waals surface area contributed by atoms with E-state index in [-0.39, 0.29) is 31.0 Å². The summed E-state index contributed by atoms with van der Waals surface area (Å²) in [7, 11) is 1.56. The Morgan fingerprint density at radius 3 is 2.34 bits per heavy atom. The van der Waals surface area contributed by atoms with Crippen molar-refractivity contribution in [1.29, 1.82) is 0 Å². The fourth-order valence-electron chi connectivity index (χ4n) is 5.66. The van der Waals surface area contributed by atoms with Gasteiger partial charge in [0.25, 0.3) is 0 Å². The second-order valence-corrected chi connectivity index (χ2v) is 10.2. The van der Waals surface area contributed by atoms with E-state index in [1.54, 1.807) is 48.1 Å². The van der Waals surface area contributed by atoms with Crippen LogP contribution < -0.4 is 10.1 Å². The third kappa shape index (κ3) is 6.07. The summed E-state index contributed by atoms with van der Waals surface area (Å²) in [6.45, 7) is -0.0418. The van der Waals surface area contributed by atoms with Gasteiger partial charge >= 0.3 is 11.9 Å². The van der Waals surface area contributed by atoms with E-state index in [9.17, 15) is 24.6 Å². The van der Waals surface area contributed by atoms with Crippen LogP contribution in [0.15, 0.2) is 78.9 Å². The van der Waals surface area contributed by atoms with Crippen LogP contribution in [0.2, 0.25) is 0 Å². The van der Waals surface area contributed by atoms with Crippen molar-refractivity contribution in [3.05, 3.63) is 107 Å². The molecule has 0 radical (unpaired) electrons. The zero-order chi connectivity index (χ0) is 28.9. The van der Waals surface area contributed by atoms with E-state index in [0.29, 0.717) is 22.7 Å². The minimum absolute atomic E-state index is 0.0515. The average molecular weight is 553 g/mol. The summed E-state index contributed by atoms with van der Waals surface area (Å²) in [5.74, 6) is -1.16. The number of benzene rings is 3. The van der Waals surface area contributed by atoms with E-state index in [1.807, 2.05) is 18.2 Å². The smallest absolute Gasteiger partial charge is 0.335 e. The number of rotatable bonds is 11. The second kappa shape index (κ2) is 12.2. The highest BCUT2D eigenvalue weighted by atomic mass is 16.5. The number of fused-ring (bicyclic) bond motifs is 1. The van der Waals surface area contributed by atoms with Crippen molar-refractivity contribution in [3.8, 4) is 5.75 Å². The Labute approximate surface area is 237 Å². The van der Waals surface area contributed by atoms with E-state index >= 15 is 0 Å². The SMILES string of the molecule is COc1ccc(C(=O)CNCc2c(C3=CCC(c4ccccc4)CC3)c3ccc(C(=O)O)cc3n2CC(=O)O)cc1. The summed E-state index contributed by atoms with van der Waals surface area (Å²) < 4.78 is 6.83. The Kier molecular flexibility index (Phi) is 8.31. The minimum atomic E-state index is -1.08. The molecule has 8 heteroatoms. The van der Waals surface area contributed by atoms with Crippen LogP contribution >= 0.6 is 0 Å². The molecule has 1 atom stereocenters. The first-order valence-corrected chi connectivity index (χ1v) is 13.6. The first kappa shape index (κ1) is 27.9. The van der Waals surface area contributed by atoms with Crippen molar-refractivity contribution < 1.29 is 29.3 Å². The largest absolute Gasteiger partial charge is 0.497 e. The first-order valence-electron chi connectivity index (χ1n) is 13.6. The van der Waals surface area contributed by atoms with Gasteiger partial charge < -0.3 is 24.8 Å². The number of nitrogens with zero attached hydrogens (tertiary/aromatic N) is 1. The lowest BCUT2D eigenvalue weighted by atomic mass is 9.82. The molecule has 5 rings (SSSR count). The number of hydrogen-bond donors (Lipinski definition) is 3. The number of hydrogen-bond acceptors (Lipinski definition) is 5. The Bertz CT molecular complexity index is 1620. The number of aromatic nitrogens is 1. The number of carbonyl (C=O) groups excluding carboxylic acids is 1. The van der Waals surface area contributed by atoms with E-state index in [4.69, 9.17) is 4.74 Å². The number of carbonyl (C=O) groups is 3. The lowest BCUT2D eigenvalue weighted by Crippen LogP contribution is -2.25. The maximum absolute atomic E-state index is 12.9. The van der Waals surface area contributed by atoms with E-state index in [1.165, 1.54) is 11.6 Å². The third-order valence-corrected chi connectivity index (χ3v) is 7.71. The fraction of sp³-hybridized carbons (Fsp3) is 0.242. The molecule has 1 aromatic heterocycles. The summed E-state index contributed by atoms with van der Waals surface area (Å²) in [5.41, 5.74) is 5.20. The van der Waals surface area contributed by atoms with Gasteiger partial charge in [0.1, 0.15) is 12.3 Å². The number of allylic oxidation sites excluding steroid dienone is 2. The summed E-state index contributed by atoms with van der Waals surface area (Å²) in [5, 5.41) is 23.4. The maximum Gasteiger partial charge on any atom is 0.335 e. The number of methoxy groups -OCH3 is 1. The number of Topliss-reactive ketones (excluding diaryl/α,β-unsaturated/α-hetero) is 1. The van der Waals surface area contributed by atoms with Crippen molar-refractivity contribution >= 4 is 34.2 Å². The molecule has 3 aromatic carbocycles. The summed E-state index contributed by atoms with van der Waals surface area (Å²) in [6, 6.07) is 22.1. The predicted octanol–water partition coefficient (Wildman–Crippen LogP) is 5.76. The molecule has 0 spiro atoms. The molecule has 0 bridgehead atoms. The van der Waals surface area contributed by atoms with Crippen molar-refractivity contribution in [2.24, 2.45) is 0 Å². The topological polar surface area (TPSA) is 118 Å². The maximum atomic E-state index is 12.9. The molecule has 0 saturated carbocycles. The van der Waals surface area contributed by atoms with Gasteiger partial charge in [0.2, 0.25) is 0 Å². The van der Waals surface area contributed by atoms with Crippen LogP contribution in [0, 0.1) is 0 Å². The Morgan fingerprint density at radius 2 is 1.71 bits per heavy atom. The molecule has 1 aliphatic carbocycles. The molecule has 3 N–H and O–H groups in total. The molecule has 210 valence electrons. The molecule has 8 nitrogen and oxygen atoms in total. The molecule has 41 heavy (non-hydrogen) atoms. The van der Waals surface area contributed by atoms with Crippen LogP contribution in [0.1, 0.15) is 62.7 Å². The molecule has 0 aliphatic heterocycles. The van der Waals surface area contributed by atoms with Gasteiger partial charge in [0.05, 0.1) is 24.7 Å². The minimum Gasteiger partial charge on any atom is -0.497 e. The van der Waals surface area contributed by atoms with Crippen LogP contribution in [-0.2, 0) is 17.9 Å². The Balaban J connectivity index is 1.50. The molecular formula is C33H32N2O6. The number of ether oxygens (including phenoxy) is 1. The quantitative estimate of drug-likeness (QED) is 0.203. The molecule has 0 fully saturated rings. The highest BCUT2D eigenvalue weighted by Crippen LogP contribution is 2.41. The molecule has 0 saturated heterocycles. The van der Waals surface area contributed by atoms with Gasteiger partial charge in [-0.05, 0) is 72.7 Å². The average Bonchev–Trinajstić information content (AvgIpc) is 3.29. The number of aliphatic carboxylic acids is 1. The molecule has 4 aromatic rings. The number of ketones is 1. The standard InChI is InChI=1S/C33H32N2O6/c1-41-26-14-11-23(12-15-26)30(36)19-34-18-29-32(24-9-7-22(8-10-24)21-5-3-2-4-6-21)27-16-13-25(33(39)40)17-28(27)35(29)20-31(37)38/h2-6,9,11-17,22,34H,7-8,10,18-20H2,1H3,(H,37,38)(H,39,40). The Hall–Kier alpha value is -4.69. The van der Waals surface area contributed by atoms with Crippen molar-refractivity contribution in [2.75, 3.05) is 13.7 Å². The van der Waals surface area contributed by atoms with Crippen molar-refractivity contribution in [1.82, 2.24) is 9.88 Å². The highest BCUT2D eigenvalue weighted by Gasteiger charge is 2.25. The van der Waals surface area contributed by atoms with Crippen molar-refractivity contribution in [2.45, 2.75) is 38.3 Å². The van der Waals surface area contributed by atoms with Gasteiger partial charge in [-0.1, -0.05) is 42.5 Å². The first-order chi connectivity index (χ1) is 19.9. The summed E-state index contributed by atoms with van der Waals surface area (Å²) >= 11 is 0. The normalized spacial score (nSPS) is 15.0. The number of carboxylic acids is 2. The summed E-state index contributed by atoms with van der Waals surface area (Å²) in [4.78, 5) is 36.6. The number of nitrogens with one attached hydrogen (secondary N) is 1. The molecule has 0 amide bonds. The van der Waals surface area contributed by atoms with Crippen LogP contribution in [0.25, 0.3) is 16.5 Å². The third-order valence-electron chi connectivity index (χ3n) is 7.71. The van der Waals surface area contributed by atoms with E-state index in [0.717, 1.165) is 41.5 Å². The van der Waals surface area contributed by atoms with Crippen molar-refractivity contribution in [3.63, 3.8) is 0 Å². The number of carboxylic acid groups (broad SMARTS) is 2. The van der Waals surface area contributed by atoms with Gasteiger partial charge in [0.15, 0.2) is 5.78 Å². The monoisotopic (exact) mass is 552 g/mol. The van der Waals surface area contributed by atoms with E-state index in [2.05, 4.69) is 23.5 Å². The molecular weight excluding hydrogens is 520 g/mol. The van der Waals surface area contributed by atoms with Crippen LogP contribution in [0.5, 0.6) is 5.75 Å². The molecule has 1 aliphatic rings. The van der Waals surface area contributed by atoms with Gasteiger partial charge in [-0.2, -0.15) is 0 Å². The Morgan fingerprint density at radius 1 is 0.976 bits per heavy atom. The number of aromatic carboxylic acids is 1. The van der Waals surface area contributed by atoms with Gasteiger partial charge in [0, 0.05) is 28.8 Å². The molecule has 1 heterocycles. The van der Waals surface area contributed by atoms with Crippen LogP contribution in [-0.4, -0.2) is 46.2 Å². The second-order valence-electron chi connectivity index (χ2n) is 10.2. The van der Waals surface area contributed by atoms with Gasteiger partial charge in [-0.15, -0.1) is 0 Å². The van der Waals surface area contributed by atoms with Gasteiger partial charge in [-0.25, -0.2) is 4.79 Å². The van der Waals surface area contributed by atoms with Gasteiger partial charge in [-0.3, -0.25) is 9.59 Å². The van der Waals surface area contributed by atoms with Crippen LogP contribution in [0.3, 0.4) is 0 Å². The van der Waals surface area contributed by atoms with Crippen LogP contribution in [0.4, 0.5) is 0 Å². The lowest BCUT2D eigenvalue weighted by Gasteiger charge is -2.23. The zero-order valence-corrected chi connectivity index (χ0v) is 22.8. The van der Waals surface area contributed by atoms with E-state index < -0.39 is 11.9 Å². The highest BCUT2D eigenvalue weighted by molar-refractivity contribution is 6.00. The summed E-state index contributed by atoms with van der Waals surface area (Å²) in [6.07, 6.45) is 4.81. The molecule has 1 unspecified atom stereocenters. The predicted molar refractivity (Wildman–Crippen MR) is 157 cm³/mol.